The molecule has 0 spiro atoms. The molecule has 0 unspecified atom stereocenters. The SMILES string of the molecule is Cc1nc(CC(=O)NC2(C(F)(F)F)CC2)c(C2OCCO2)c(NCc2cccc(C(C)(F)F)c2F)n1. The summed E-state index contributed by atoms with van der Waals surface area (Å²) in [5.74, 6) is -5.11. The maximum absolute atomic E-state index is 14.7. The van der Waals surface area contributed by atoms with Gasteiger partial charge in [0.05, 0.1) is 36.5 Å². The number of carbonyl (C=O) groups excluding carboxylic acids is 1. The highest BCUT2D eigenvalue weighted by molar-refractivity contribution is 5.80. The van der Waals surface area contributed by atoms with Crippen LogP contribution in [0.5, 0.6) is 0 Å². The second kappa shape index (κ2) is 9.51. The number of halogens is 6. The van der Waals surface area contributed by atoms with Crippen LogP contribution in [-0.2, 0) is 33.2 Å². The lowest BCUT2D eigenvalue weighted by atomic mass is 10.0. The van der Waals surface area contributed by atoms with Gasteiger partial charge in [0.1, 0.15) is 23.0 Å². The van der Waals surface area contributed by atoms with Crippen molar-refractivity contribution in [3.05, 3.63) is 52.2 Å². The van der Waals surface area contributed by atoms with E-state index in [0.717, 1.165) is 6.07 Å². The fourth-order valence-corrected chi connectivity index (χ4v) is 3.98. The Bertz CT molecular complexity index is 1140. The van der Waals surface area contributed by atoms with Gasteiger partial charge in [0.2, 0.25) is 5.91 Å². The van der Waals surface area contributed by atoms with E-state index < -0.39 is 47.6 Å². The van der Waals surface area contributed by atoms with E-state index in [1.807, 2.05) is 0 Å². The number of rotatable bonds is 8. The van der Waals surface area contributed by atoms with Gasteiger partial charge in [-0.2, -0.15) is 13.2 Å². The summed E-state index contributed by atoms with van der Waals surface area (Å²) in [7, 11) is 0. The summed E-state index contributed by atoms with van der Waals surface area (Å²) in [6.45, 7) is 2.26. The molecule has 1 saturated heterocycles. The number of nitrogens with one attached hydrogen (secondary N) is 2. The first-order chi connectivity index (χ1) is 16.8. The van der Waals surface area contributed by atoms with E-state index in [9.17, 15) is 31.1 Å². The summed E-state index contributed by atoms with van der Waals surface area (Å²) in [6.07, 6.45) is -6.53. The largest absolute Gasteiger partial charge is 0.411 e. The Morgan fingerprint density at radius 3 is 2.39 bits per heavy atom. The van der Waals surface area contributed by atoms with E-state index >= 15 is 0 Å². The van der Waals surface area contributed by atoms with Crippen LogP contribution in [0, 0.1) is 12.7 Å². The number of aromatic nitrogens is 2. The fourth-order valence-electron chi connectivity index (χ4n) is 3.98. The maximum atomic E-state index is 14.7. The highest BCUT2D eigenvalue weighted by atomic mass is 19.4. The van der Waals surface area contributed by atoms with Crippen LogP contribution < -0.4 is 10.6 Å². The monoisotopic (exact) mass is 518 g/mol. The van der Waals surface area contributed by atoms with E-state index in [1.165, 1.54) is 19.1 Å². The normalized spacial score (nSPS) is 17.8. The Hall–Kier alpha value is -2.93. The lowest BCUT2D eigenvalue weighted by molar-refractivity contribution is -0.170. The second-order valence-corrected chi connectivity index (χ2v) is 8.88. The summed E-state index contributed by atoms with van der Waals surface area (Å²) >= 11 is 0. The first-order valence-corrected chi connectivity index (χ1v) is 11.2. The summed E-state index contributed by atoms with van der Waals surface area (Å²) in [5.41, 5.74) is -2.83. The molecule has 0 bridgehead atoms. The molecule has 1 aromatic heterocycles. The molecular weight excluding hydrogens is 494 g/mol. The van der Waals surface area contributed by atoms with Gasteiger partial charge in [-0.15, -0.1) is 0 Å². The third-order valence-electron chi connectivity index (χ3n) is 5.99. The van der Waals surface area contributed by atoms with Gasteiger partial charge < -0.3 is 20.1 Å². The average Bonchev–Trinajstić information content (AvgIpc) is 3.35. The lowest BCUT2D eigenvalue weighted by Gasteiger charge is -2.22. The molecule has 1 aliphatic carbocycles. The molecule has 196 valence electrons. The third-order valence-corrected chi connectivity index (χ3v) is 5.99. The van der Waals surface area contributed by atoms with Crippen LogP contribution in [0.3, 0.4) is 0 Å². The van der Waals surface area contributed by atoms with Crippen molar-refractivity contribution in [1.82, 2.24) is 15.3 Å². The molecule has 2 aliphatic rings. The van der Waals surface area contributed by atoms with E-state index in [1.54, 1.807) is 0 Å². The molecule has 0 atom stereocenters. The molecular formula is C23H24F6N4O3. The number of hydrogen-bond acceptors (Lipinski definition) is 6. The first kappa shape index (κ1) is 26.1. The predicted molar refractivity (Wildman–Crippen MR) is 115 cm³/mol. The maximum Gasteiger partial charge on any atom is 0.411 e. The molecule has 1 amide bonds. The Kier molecular flexibility index (Phi) is 6.90. The van der Waals surface area contributed by atoms with Crippen molar-refractivity contribution < 1.29 is 40.6 Å². The van der Waals surface area contributed by atoms with Gasteiger partial charge in [0.15, 0.2) is 6.29 Å². The van der Waals surface area contributed by atoms with Gasteiger partial charge >= 0.3 is 6.18 Å². The number of hydrogen-bond donors (Lipinski definition) is 2. The predicted octanol–water partition coefficient (Wildman–Crippen LogP) is 4.45. The van der Waals surface area contributed by atoms with E-state index in [2.05, 4.69) is 20.6 Å². The number of carbonyl (C=O) groups is 1. The summed E-state index contributed by atoms with van der Waals surface area (Å²) in [5, 5.41) is 4.91. The molecule has 2 fully saturated rings. The Morgan fingerprint density at radius 1 is 1.14 bits per heavy atom. The van der Waals surface area contributed by atoms with Gasteiger partial charge in [-0.25, -0.2) is 23.1 Å². The van der Waals surface area contributed by atoms with Crippen molar-refractivity contribution in [2.24, 2.45) is 0 Å². The molecule has 13 heteroatoms. The van der Waals surface area contributed by atoms with E-state index in [-0.39, 0.29) is 61.1 Å². The molecule has 2 aromatic rings. The standard InChI is InChI=1S/C23H24F6N4O3/c1-12-31-15(10-16(34)33-22(6-7-22)23(27,28)29)17(20-35-8-9-36-20)19(32-12)30-11-13-4-3-5-14(18(13)24)21(2,25)26/h3-5,20H,6-11H2,1-2H3,(H,33,34)(H,30,31,32). The molecule has 7 nitrogen and oxygen atoms in total. The van der Waals surface area contributed by atoms with Gasteiger partial charge in [0, 0.05) is 19.0 Å². The Labute approximate surface area is 202 Å². The van der Waals surface area contributed by atoms with Crippen molar-refractivity contribution in [3.8, 4) is 0 Å². The number of aryl methyl sites for hydroxylation is 1. The van der Waals surface area contributed by atoms with Crippen molar-refractivity contribution in [1.29, 1.82) is 0 Å². The smallest absolute Gasteiger partial charge is 0.365 e. The average molecular weight is 518 g/mol. The number of ether oxygens (including phenoxy) is 2. The van der Waals surface area contributed by atoms with Crippen molar-refractivity contribution in [3.63, 3.8) is 0 Å². The minimum Gasteiger partial charge on any atom is -0.365 e. The molecule has 1 saturated carbocycles. The second-order valence-electron chi connectivity index (χ2n) is 8.88. The van der Waals surface area contributed by atoms with E-state index in [0.29, 0.717) is 6.92 Å². The zero-order valence-electron chi connectivity index (χ0n) is 19.4. The molecule has 1 aliphatic heterocycles. The minimum absolute atomic E-state index is 0.0651. The molecule has 1 aromatic carbocycles. The molecule has 2 heterocycles. The topological polar surface area (TPSA) is 85.4 Å². The zero-order valence-corrected chi connectivity index (χ0v) is 19.4. The highest BCUT2D eigenvalue weighted by Crippen LogP contribution is 2.49. The number of benzene rings is 1. The van der Waals surface area contributed by atoms with Crippen molar-refractivity contribution >= 4 is 11.7 Å². The van der Waals surface area contributed by atoms with Crippen molar-refractivity contribution in [2.75, 3.05) is 18.5 Å². The van der Waals surface area contributed by atoms with Crippen molar-refractivity contribution in [2.45, 2.75) is 63.6 Å². The quantitative estimate of drug-likeness (QED) is 0.503. The van der Waals surface area contributed by atoms with Crippen LogP contribution in [0.2, 0.25) is 0 Å². The Morgan fingerprint density at radius 2 is 1.81 bits per heavy atom. The van der Waals surface area contributed by atoms with Gasteiger partial charge in [-0.3, -0.25) is 4.79 Å². The van der Waals surface area contributed by atoms with E-state index in [4.69, 9.17) is 9.47 Å². The number of anilines is 1. The van der Waals surface area contributed by atoms with Crippen LogP contribution in [0.15, 0.2) is 18.2 Å². The summed E-state index contributed by atoms with van der Waals surface area (Å²) in [4.78, 5) is 21.1. The van der Waals surface area contributed by atoms with Crippen LogP contribution in [0.4, 0.5) is 32.2 Å². The highest BCUT2D eigenvalue weighted by Gasteiger charge is 2.64. The van der Waals surface area contributed by atoms with Gasteiger partial charge in [-0.05, 0) is 19.8 Å². The van der Waals surface area contributed by atoms with Crippen LogP contribution in [-0.4, -0.2) is 40.8 Å². The Balaban J connectivity index is 1.61. The third kappa shape index (κ3) is 5.41. The number of nitrogens with zero attached hydrogens (tertiary/aromatic N) is 2. The molecule has 2 N–H and O–H groups in total. The van der Waals surface area contributed by atoms with Gasteiger partial charge in [0.25, 0.3) is 5.92 Å². The fraction of sp³-hybridized carbons (Fsp3) is 0.522. The number of alkyl halides is 5. The summed E-state index contributed by atoms with van der Waals surface area (Å²) in [6, 6.07) is 3.62. The lowest BCUT2D eigenvalue weighted by Crippen LogP contribution is -2.48. The summed E-state index contributed by atoms with van der Waals surface area (Å²) < 4.78 is 93.0. The van der Waals surface area contributed by atoms with Crippen LogP contribution in [0.1, 0.15) is 54.3 Å². The molecule has 0 radical (unpaired) electrons. The molecule has 36 heavy (non-hydrogen) atoms. The first-order valence-electron chi connectivity index (χ1n) is 11.2. The molecule has 4 rings (SSSR count). The zero-order chi connectivity index (χ0) is 26.3. The van der Waals surface area contributed by atoms with Gasteiger partial charge in [-0.1, -0.05) is 18.2 Å². The van der Waals surface area contributed by atoms with Crippen LogP contribution in [0.25, 0.3) is 0 Å². The van der Waals surface area contributed by atoms with Crippen LogP contribution >= 0.6 is 0 Å². The minimum atomic E-state index is -4.58. The number of amides is 1.